The summed E-state index contributed by atoms with van der Waals surface area (Å²) >= 11 is 1.02. The van der Waals surface area contributed by atoms with Crippen molar-refractivity contribution in [3.8, 4) is 11.8 Å². The minimum atomic E-state index is -0.548. The van der Waals surface area contributed by atoms with Crippen LogP contribution < -0.4 is 15.6 Å². The van der Waals surface area contributed by atoms with Crippen LogP contribution in [0.25, 0.3) is 0 Å². The fourth-order valence-electron chi connectivity index (χ4n) is 1.69. The summed E-state index contributed by atoms with van der Waals surface area (Å²) < 4.78 is 18.6. The first-order valence-electron chi connectivity index (χ1n) is 7.16. The number of hydrogen-bond acceptors (Lipinski definition) is 5. The average molecular weight is 359 g/mol. The number of carbonyl (C=O) groups excluding carboxylic acids is 2. The number of halogens is 1. The van der Waals surface area contributed by atoms with Gasteiger partial charge in [0.15, 0.2) is 6.61 Å². The summed E-state index contributed by atoms with van der Waals surface area (Å²) in [5, 5.41) is 8.68. The molecule has 0 radical (unpaired) electrons. The van der Waals surface area contributed by atoms with Crippen molar-refractivity contribution in [2.75, 3.05) is 12.4 Å². The second-order valence-corrected chi connectivity index (χ2v) is 5.76. The second kappa shape index (κ2) is 9.30. The largest absolute Gasteiger partial charge is 0.484 e. The van der Waals surface area contributed by atoms with E-state index in [1.807, 2.05) is 6.07 Å². The van der Waals surface area contributed by atoms with Crippen LogP contribution in [0.15, 0.2) is 53.4 Å². The number of amides is 2. The first-order chi connectivity index (χ1) is 12.1. The van der Waals surface area contributed by atoms with E-state index < -0.39 is 17.6 Å². The molecule has 25 heavy (non-hydrogen) atoms. The molecule has 2 aromatic rings. The Bertz CT molecular complexity index is 790. The summed E-state index contributed by atoms with van der Waals surface area (Å²) in [5.41, 5.74) is 4.91. The number of hydrogen-bond donors (Lipinski definition) is 2. The van der Waals surface area contributed by atoms with E-state index in [4.69, 9.17) is 10.00 Å². The van der Waals surface area contributed by atoms with Crippen molar-refractivity contribution in [1.82, 2.24) is 10.9 Å². The first kappa shape index (κ1) is 18.3. The van der Waals surface area contributed by atoms with Crippen molar-refractivity contribution >= 4 is 23.6 Å². The van der Waals surface area contributed by atoms with Crippen molar-refractivity contribution < 1.29 is 18.7 Å². The molecule has 0 bridgehead atoms. The summed E-state index contributed by atoms with van der Waals surface area (Å²) in [6, 6.07) is 14.3. The van der Waals surface area contributed by atoms with Gasteiger partial charge in [0.05, 0.1) is 17.4 Å². The molecule has 2 aromatic carbocycles. The summed E-state index contributed by atoms with van der Waals surface area (Å²) in [5.74, 6) is -1.04. The first-order valence-corrected chi connectivity index (χ1v) is 8.15. The number of nitriles is 1. The number of hydrazine groups is 1. The molecular weight excluding hydrogens is 345 g/mol. The molecule has 0 aliphatic carbocycles. The third kappa shape index (κ3) is 6.16. The molecule has 0 heterocycles. The fraction of sp³-hybridized carbons (Fsp3) is 0.118. The van der Waals surface area contributed by atoms with E-state index in [1.165, 1.54) is 6.07 Å². The predicted molar refractivity (Wildman–Crippen MR) is 90.1 cm³/mol. The van der Waals surface area contributed by atoms with Gasteiger partial charge in [-0.25, -0.2) is 4.39 Å². The lowest BCUT2D eigenvalue weighted by atomic mass is 10.2. The van der Waals surface area contributed by atoms with E-state index in [0.717, 1.165) is 11.8 Å². The van der Waals surface area contributed by atoms with Crippen molar-refractivity contribution in [2.45, 2.75) is 4.90 Å². The molecule has 0 aliphatic rings. The monoisotopic (exact) mass is 359 g/mol. The maximum absolute atomic E-state index is 13.4. The molecule has 2 amide bonds. The molecule has 0 aromatic heterocycles. The number of carbonyl (C=O) groups is 2. The number of nitrogens with zero attached hydrogens (tertiary/aromatic N) is 1. The molecule has 0 aliphatic heterocycles. The number of thioether (sulfide) groups is 1. The van der Waals surface area contributed by atoms with Crippen LogP contribution in [0.2, 0.25) is 0 Å². The Kier molecular flexibility index (Phi) is 6.80. The average Bonchev–Trinajstić information content (AvgIpc) is 2.64. The van der Waals surface area contributed by atoms with Crippen LogP contribution in [0.4, 0.5) is 4.39 Å². The quantitative estimate of drug-likeness (QED) is 0.608. The van der Waals surface area contributed by atoms with Gasteiger partial charge in [0.2, 0.25) is 5.91 Å². The molecule has 2 N–H and O–H groups in total. The zero-order valence-corrected chi connectivity index (χ0v) is 13.8. The van der Waals surface area contributed by atoms with Crippen LogP contribution >= 0.6 is 11.8 Å². The third-order valence-corrected chi connectivity index (χ3v) is 3.94. The highest BCUT2D eigenvalue weighted by molar-refractivity contribution is 8.00. The molecule has 0 fully saturated rings. The van der Waals surface area contributed by atoms with E-state index >= 15 is 0 Å². The summed E-state index contributed by atoms with van der Waals surface area (Å²) in [7, 11) is 0. The molecule has 0 spiro atoms. The molecule has 0 saturated carbocycles. The highest BCUT2D eigenvalue weighted by Gasteiger charge is 2.08. The predicted octanol–water partition coefficient (Wildman–Crippen LogP) is 2.02. The minimum Gasteiger partial charge on any atom is -0.484 e. The Balaban J connectivity index is 1.67. The van der Waals surface area contributed by atoms with Crippen molar-refractivity contribution in [3.63, 3.8) is 0 Å². The van der Waals surface area contributed by atoms with E-state index in [9.17, 15) is 14.0 Å². The normalized spacial score (nSPS) is 9.76. The second-order valence-electron chi connectivity index (χ2n) is 4.74. The van der Waals surface area contributed by atoms with Crippen LogP contribution in [0.5, 0.6) is 5.75 Å². The molecule has 0 atom stereocenters. The van der Waals surface area contributed by atoms with Crippen LogP contribution in [0.3, 0.4) is 0 Å². The number of rotatable bonds is 6. The van der Waals surface area contributed by atoms with E-state index in [2.05, 4.69) is 10.9 Å². The lowest BCUT2D eigenvalue weighted by molar-refractivity contribution is -0.128. The lowest BCUT2D eigenvalue weighted by Gasteiger charge is -2.09. The highest BCUT2D eigenvalue weighted by atomic mass is 32.2. The molecule has 0 saturated heterocycles. The van der Waals surface area contributed by atoms with Gasteiger partial charge in [-0.3, -0.25) is 20.4 Å². The highest BCUT2D eigenvalue weighted by Crippen LogP contribution is 2.20. The Labute approximate surface area is 148 Å². The summed E-state index contributed by atoms with van der Waals surface area (Å²) in [6.07, 6.45) is 0. The van der Waals surface area contributed by atoms with Crippen LogP contribution in [0, 0.1) is 17.1 Å². The molecule has 0 unspecified atom stereocenters. The van der Waals surface area contributed by atoms with Crippen molar-refractivity contribution in [3.05, 3.63) is 59.9 Å². The molecule has 8 heteroatoms. The number of ether oxygens (including phenoxy) is 1. The van der Waals surface area contributed by atoms with Gasteiger partial charge in [-0.15, -0.1) is 11.8 Å². The van der Waals surface area contributed by atoms with E-state index in [1.54, 1.807) is 42.5 Å². The molecule has 128 valence electrons. The SMILES string of the molecule is N#Cc1ccc(OCC(=O)NNC(=O)CSc2ccccc2F)cc1. The maximum atomic E-state index is 13.4. The van der Waals surface area contributed by atoms with E-state index in [0.29, 0.717) is 16.2 Å². The van der Waals surface area contributed by atoms with Crippen LogP contribution in [-0.4, -0.2) is 24.2 Å². The van der Waals surface area contributed by atoms with Crippen molar-refractivity contribution in [2.24, 2.45) is 0 Å². The number of benzene rings is 2. The maximum Gasteiger partial charge on any atom is 0.276 e. The minimum absolute atomic E-state index is 0.0440. The molecule has 2 rings (SSSR count). The molecular formula is C17H14FN3O3S. The zero-order chi connectivity index (χ0) is 18.1. The zero-order valence-electron chi connectivity index (χ0n) is 13.0. The van der Waals surface area contributed by atoms with Gasteiger partial charge in [0, 0.05) is 4.90 Å². The van der Waals surface area contributed by atoms with Gasteiger partial charge >= 0.3 is 0 Å². The Morgan fingerprint density at radius 3 is 2.44 bits per heavy atom. The lowest BCUT2D eigenvalue weighted by Crippen LogP contribution is -2.44. The summed E-state index contributed by atoms with van der Waals surface area (Å²) in [4.78, 5) is 23.6. The van der Waals surface area contributed by atoms with Gasteiger partial charge in [-0.1, -0.05) is 12.1 Å². The number of nitrogens with one attached hydrogen (secondary N) is 2. The Morgan fingerprint density at radius 1 is 1.08 bits per heavy atom. The van der Waals surface area contributed by atoms with Gasteiger partial charge in [-0.2, -0.15) is 5.26 Å². The van der Waals surface area contributed by atoms with Gasteiger partial charge in [0.25, 0.3) is 5.91 Å². The summed E-state index contributed by atoms with van der Waals surface area (Å²) in [6.45, 7) is -0.299. The Hall–Kier alpha value is -3.05. The standard InChI is InChI=1S/C17H14FN3O3S/c18-14-3-1-2-4-15(14)25-11-17(23)21-20-16(22)10-24-13-7-5-12(9-19)6-8-13/h1-8H,10-11H2,(H,20,22)(H,21,23). The van der Waals surface area contributed by atoms with Crippen LogP contribution in [-0.2, 0) is 9.59 Å². The van der Waals surface area contributed by atoms with Gasteiger partial charge < -0.3 is 4.74 Å². The smallest absolute Gasteiger partial charge is 0.276 e. The van der Waals surface area contributed by atoms with Crippen molar-refractivity contribution in [1.29, 1.82) is 5.26 Å². The fourth-order valence-corrected chi connectivity index (χ4v) is 2.43. The third-order valence-electron chi connectivity index (χ3n) is 2.89. The van der Waals surface area contributed by atoms with Gasteiger partial charge in [0.1, 0.15) is 11.6 Å². The molecule has 6 nitrogen and oxygen atoms in total. The van der Waals surface area contributed by atoms with E-state index in [-0.39, 0.29) is 12.4 Å². The topological polar surface area (TPSA) is 91.2 Å². The Morgan fingerprint density at radius 2 is 1.76 bits per heavy atom. The van der Waals surface area contributed by atoms with Gasteiger partial charge in [-0.05, 0) is 36.4 Å². The van der Waals surface area contributed by atoms with Crippen LogP contribution in [0.1, 0.15) is 5.56 Å².